The number of nitrogens with one attached hydrogen (secondary N) is 1. The van der Waals surface area contributed by atoms with Crippen molar-refractivity contribution in [3.05, 3.63) is 76.8 Å². The first kappa shape index (κ1) is 14.2. The van der Waals surface area contributed by atoms with Gasteiger partial charge >= 0.3 is 0 Å². The Labute approximate surface area is 134 Å². The summed E-state index contributed by atoms with van der Waals surface area (Å²) in [6.07, 6.45) is 1.05. The van der Waals surface area contributed by atoms with Gasteiger partial charge in [-0.05, 0) is 47.0 Å². The summed E-state index contributed by atoms with van der Waals surface area (Å²) in [5, 5.41) is 6.19. The zero-order valence-corrected chi connectivity index (χ0v) is 13.6. The van der Waals surface area contributed by atoms with E-state index in [-0.39, 0.29) is 0 Å². The van der Waals surface area contributed by atoms with Crippen molar-refractivity contribution < 1.29 is 0 Å². The van der Waals surface area contributed by atoms with Gasteiger partial charge in [-0.2, -0.15) is 0 Å². The Morgan fingerprint density at radius 3 is 2.33 bits per heavy atom. The van der Waals surface area contributed by atoms with E-state index in [9.17, 15) is 0 Å². The van der Waals surface area contributed by atoms with E-state index < -0.39 is 0 Å². The number of benzene rings is 3. The average molecular weight is 340 g/mol. The summed E-state index contributed by atoms with van der Waals surface area (Å²) >= 11 is 3.49. The van der Waals surface area contributed by atoms with Crippen molar-refractivity contribution in [1.29, 1.82) is 0 Å². The predicted octanol–water partition coefficient (Wildman–Crippen LogP) is 6.17. The lowest BCUT2D eigenvalue weighted by Gasteiger charge is -2.19. The van der Waals surface area contributed by atoms with E-state index in [0.717, 1.165) is 10.9 Å². The lowest BCUT2D eigenvalue weighted by atomic mass is 10.0. The van der Waals surface area contributed by atoms with Crippen molar-refractivity contribution in [2.75, 3.05) is 5.32 Å². The van der Waals surface area contributed by atoms with E-state index in [2.05, 4.69) is 94.9 Å². The largest absolute Gasteiger partial charge is 0.378 e. The van der Waals surface area contributed by atoms with E-state index in [4.69, 9.17) is 0 Å². The monoisotopic (exact) mass is 339 g/mol. The molecule has 0 aromatic heterocycles. The Hall–Kier alpha value is -1.80. The molecule has 3 rings (SSSR count). The van der Waals surface area contributed by atoms with Crippen LogP contribution in [0.1, 0.15) is 24.9 Å². The number of anilines is 1. The molecule has 0 amide bonds. The average Bonchev–Trinajstić information content (AvgIpc) is 2.53. The second-order valence-corrected chi connectivity index (χ2v) is 6.13. The van der Waals surface area contributed by atoms with Gasteiger partial charge in [-0.1, -0.05) is 65.3 Å². The molecule has 2 heteroatoms. The maximum absolute atomic E-state index is 3.64. The number of halogens is 1. The second-order valence-electron chi connectivity index (χ2n) is 5.22. The minimum absolute atomic E-state index is 0.333. The van der Waals surface area contributed by atoms with Crippen LogP contribution in [0.15, 0.2) is 71.2 Å². The molecule has 1 nitrogen and oxygen atoms in total. The zero-order chi connectivity index (χ0) is 14.7. The highest BCUT2D eigenvalue weighted by Crippen LogP contribution is 2.26. The topological polar surface area (TPSA) is 12.0 Å². The molecule has 1 atom stereocenters. The van der Waals surface area contributed by atoms with Crippen LogP contribution in [-0.2, 0) is 0 Å². The molecule has 0 saturated heterocycles. The van der Waals surface area contributed by atoms with Crippen LogP contribution < -0.4 is 5.32 Å². The van der Waals surface area contributed by atoms with Crippen LogP contribution in [0.25, 0.3) is 10.8 Å². The fraction of sp³-hybridized carbons (Fsp3) is 0.158. The fourth-order valence-corrected chi connectivity index (χ4v) is 2.86. The molecule has 0 aliphatic rings. The molecule has 1 unspecified atom stereocenters. The molecule has 1 N–H and O–H groups in total. The van der Waals surface area contributed by atoms with E-state index >= 15 is 0 Å². The quantitative estimate of drug-likeness (QED) is 0.599. The minimum Gasteiger partial charge on any atom is -0.378 e. The lowest BCUT2D eigenvalue weighted by Crippen LogP contribution is -2.09. The number of fused-ring (bicyclic) bond motifs is 1. The molecule has 3 aromatic rings. The summed E-state index contributed by atoms with van der Waals surface area (Å²) in [6, 6.07) is 23.9. The molecule has 0 bridgehead atoms. The molecule has 0 spiro atoms. The summed E-state index contributed by atoms with van der Waals surface area (Å²) in [4.78, 5) is 0. The molecule has 106 valence electrons. The van der Waals surface area contributed by atoms with Gasteiger partial charge in [-0.15, -0.1) is 0 Å². The third-order valence-electron chi connectivity index (χ3n) is 3.77. The van der Waals surface area contributed by atoms with Gasteiger partial charge < -0.3 is 5.32 Å². The van der Waals surface area contributed by atoms with Crippen molar-refractivity contribution in [3.8, 4) is 0 Å². The van der Waals surface area contributed by atoms with Gasteiger partial charge in [0.25, 0.3) is 0 Å². The van der Waals surface area contributed by atoms with E-state index in [0.29, 0.717) is 6.04 Å². The summed E-state index contributed by atoms with van der Waals surface area (Å²) in [5.74, 6) is 0. The van der Waals surface area contributed by atoms with Crippen molar-refractivity contribution >= 4 is 32.4 Å². The number of hydrogen-bond acceptors (Lipinski definition) is 1. The summed E-state index contributed by atoms with van der Waals surface area (Å²) in [6.45, 7) is 2.21. The maximum Gasteiger partial charge on any atom is 0.0511 e. The Bertz CT molecular complexity index is 734. The number of hydrogen-bond donors (Lipinski definition) is 1. The van der Waals surface area contributed by atoms with E-state index in [1.165, 1.54) is 22.0 Å². The van der Waals surface area contributed by atoms with Crippen molar-refractivity contribution in [2.45, 2.75) is 19.4 Å². The first-order valence-corrected chi connectivity index (χ1v) is 8.06. The Morgan fingerprint density at radius 2 is 1.62 bits per heavy atom. The molecule has 0 fully saturated rings. The van der Waals surface area contributed by atoms with Crippen molar-refractivity contribution in [3.63, 3.8) is 0 Å². The first-order chi connectivity index (χ1) is 10.3. The van der Waals surface area contributed by atoms with Crippen LogP contribution in [0.4, 0.5) is 5.69 Å². The summed E-state index contributed by atoms with van der Waals surface area (Å²) in [5.41, 5.74) is 2.48. The third-order valence-corrected chi connectivity index (χ3v) is 4.30. The van der Waals surface area contributed by atoms with Gasteiger partial charge in [0.15, 0.2) is 0 Å². The molecule has 0 saturated carbocycles. The van der Waals surface area contributed by atoms with Crippen LogP contribution in [0.2, 0.25) is 0 Å². The molecule has 0 aliphatic heterocycles. The van der Waals surface area contributed by atoms with Gasteiger partial charge in [0.1, 0.15) is 0 Å². The summed E-state index contributed by atoms with van der Waals surface area (Å²) < 4.78 is 1.12. The normalized spacial score (nSPS) is 12.3. The molecule has 21 heavy (non-hydrogen) atoms. The molecule has 3 aromatic carbocycles. The highest BCUT2D eigenvalue weighted by atomic mass is 79.9. The molecule has 0 radical (unpaired) electrons. The Morgan fingerprint density at radius 1 is 0.905 bits per heavy atom. The van der Waals surface area contributed by atoms with E-state index in [1.807, 2.05) is 0 Å². The van der Waals surface area contributed by atoms with Gasteiger partial charge in [0, 0.05) is 10.2 Å². The maximum atomic E-state index is 3.64. The Kier molecular flexibility index (Phi) is 4.26. The van der Waals surface area contributed by atoms with E-state index in [1.54, 1.807) is 0 Å². The number of rotatable bonds is 4. The molecular formula is C19H18BrN. The van der Waals surface area contributed by atoms with Gasteiger partial charge in [-0.3, -0.25) is 0 Å². The standard InChI is InChI=1S/C19H18BrN/c1-2-19(15-7-10-17(20)11-8-15)21-18-12-9-14-5-3-4-6-16(14)13-18/h3-13,19,21H,2H2,1H3. The first-order valence-electron chi connectivity index (χ1n) is 7.27. The van der Waals surface area contributed by atoms with Crippen LogP contribution in [0.3, 0.4) is 0 Å². The smallest absolute Gasteiger partial charge is 0.0511 e. The van der Waals surface area contributed by atoms with Gasteiger partial charge in [0.05, 0.1) is 6.04 Å². The minimum atomic E-state index is 0.333. The highest BCUT2D eigenvalue weighted by Gasteiger charge is 2.09. The fourth-order valence-electron chi connectivity index (χ4n) is 2.60. The highest BCUT2D eigenvalue weighted by molar-refractivity contribution is 9.10. The molecular weight excluding hydrogens is 322 g/mol. The van der Waals surface area contributed by atoms with Crippen LogP contribution >= 0.6 is 15.9 Å². The van der Waals surface area contributed by atoms with Gasteiger partial charge in [-0.25, -0.2) is 0 Å². The third kappa shape index (κ3) is 3.27. The molecule has 0 heterocycles. The second kappa shape index (κ2) is 6.31. The molecule has 0 aliphatic carbocycles. The van der Waals surface area contributed by atoms with Crippen LogP contribution in [0, 0.1) is 0 Å². The Balaban J connectivity index is 1.86. The zero-order valence-electron chi connectivity index (χ0n) is 12.0. The van der Waals surface area contributed by atoms with Crippen molar-refractivity contribution in [2.24, 2.45) is 0 Å². The van der Waals surface area contributed by atoms with Crippen LogP contribution in [0.5, 0.6) is 0 Å². The summed E-state index contributed by atoms with van der Waals surface area (Å²) in [7, 11) is 0. The predicted molar refractivity (Wildman–Crippen MR) is 94.7 cm³/mol. The SMILES string of the molecule is CCC(Nc1ccc2ccccc2c1)c1ccc(Br)cc1. The van der Waals surface area contributed by atoms with Crippen LogP contribution in [-0.4, -0.2) is 0 Å². The van der Waals surface area contributed by atoms with Gasteiger partial charge in [0.2, 0.25) is 0 Å². The van der Waals surface area contributed by atoms with Crippen molar-refractivity contribution in [1.82, 2.24) is 0 Å². The lowest BCUT2D eigenvalue weighted by molar-refractivity contribution is 0.749.